The van der Waals surface area contributed by atoms with E-state index in [4.69, 9.17) is 0 Å². The van der Waals surface area contributed by atoms with Crippen LogP contribution in [0.2, 0.25) is 0 Å². The molecule has 0 radical (unpaired) electrons. The van der Waals surface area contributed by atoms with Crippen LogP contribution in [-0.2, 0) is 4.79 Å². The van der Waals surface area contributed by atoms with Crippen LogP contribution in [0.3, 0.4) is 0 Å². The van der Waals surface area contributed by atoms with Gasteiger partial charge in [0.15, 0.2) is 0 Å². The lowest BCUT2D eigenvalue weighted by Crippen LogP contribution is -2.59. The van der Waals surface area contributed by atoms with Gasteiger partial charge in [-0.25, -0.2) is 0 Å². The number of pyridine rings is 1. The number of ketones is 1. The number of carbonyl (C=O) groups is 2. The van der Waals surface area contributed by atoms with E-state index in [0.717, 1.165) is 12.8 Å². The van der Waals surface area contributed by atoms with Gasteiger partial charge in [0.05, 0.1) is 12.1 Å². The van der Waals surface area contributed by atoms with E-state index in [1.165, 1.54) is 25.7 Å². The van der Waals surface area contributed by atoms with Crippen molar-refractivity contribution in [2.24, 2.45) is 5.92 Å². The van der Waals surface area contributed by atoms with Crippen molar-refractivity contribution < 1.29 is 9.59 Å². The first-order valence-electron chi connectivity index (χ1n) is 8.76. The van der Waals surface area contributed by atoms with Gasteiger partial charge in [-0.3, -0.25) is 14.6 Å². The highest BCUT2D eigenvalue weighted by Crippen LogP contribution is 2.34. The number of amides is 1. The summed E-state index contributed by atoms with van der Waals surface area (Å²) >= 11 is 0. The molecule has 2 aliphatic heterocycles. The zero-order valence-corrected chi connectivity index (χ0v) is 13.3. The van der Waals surface area contributed by atoms with Gasteiger partial charge in [0.2, 0.25) is 11.7 Å². The highest BCUT2D eigenvalue weighted by Gasteiger charge is 2.45. The summed E-state index contributed by atoms with van der Waals surface area (Å²) in [5.41, 5.74) is 0.461. The highest BCUT2D eigenvalue weighted by molar-refractivity contribution is 6.02. The molecule has 1 saturated carbocycles. The van der Waals surface area contributed by atoms with Crippen molar-refractivity contribution in [3.63, 3.8) is 0 Å². The average Bonchev–Trinajstić information content (AvgIpc) is 2.98. The van der Waals surface area contributed by atoms with Crippen LogP contribution in [0.5, 0.6) is 0 Å². The van der Waals surface area contributed by atoms with Gasteiger partial charge >= 0.3 is 0 Å². The van der Waals surface area contributed by atoms with Gasteiger partial charge < -0.3 is 10.2 Å². The van der Waals surface area contributed by atoms with Crippen LogP contribution in [0.4, 0.5) is 0 Å². The van der Waals surface area contributed by atoms with E-state index >= 15 is 0 Å². The second-order valence-corrected chi connectivity index (χ2v) is 7.02. The molecule has 0 spiro atoms. The molecular weight excluding hydrogens is 290 g/mol. The van der Waals surface area contributed by atoms with Gasteiger partial charge in [-0.1, -0.05) is 18.9 Å². The van der Waals surface area contributed by atoms with E-state index in [9.17, 15) is 9.59 Å². The normalized spacial score (nSPS) is 33.0. The maximum atomic E-state index is 12.8. The molecule has 5 nitrogen and oxygen atoms in total. The minimum Gasteiger partial charge on any atom is -0.331 e. The molecule has 3 fully saturated rings. The molecule has 5 heteroatoms. The van der Waals surface area contributed by atoms with Crippen molar-refractivity contribution in [1.82, 2.24) is 15.2 Å². The summed E-state index contributed by atoms with van der Waals surface area (Å²) in [4.78, 5) is 31.2. The summed E-state index contributed by atoms with van der Waals surface area (Å²) in [6, 6.07) is 5.43. The van der Waals surface area contributed by atoms with Crippen molar-refractivity contribution in [1.29, 1.82) is 0 Å². The van der Waals surface area contributed by atoms with Crippen molar-refractivity contribution in [2.75, 3.05) is 6.54 Å². The number of hydrogen-bond acceptors (Lipinski definition) is 4. The van der Waals surface area contributed by atoms with Gasteiger partial charge in [-0.05, 0) is 43.7 Å². The minimum absolute atomic E-state index is 0.0272. The number of nitrogens with zero attached hydrogens (tertiary/aromatic N) is 2. The fourth-order valence-electron chi connectivity index (χ4n) is 4.31. The molecule has 0 bridgehead atoms. The van der Waals surface area contributed by atoms with Crippen LogP contribution >= 0.6 is 0 Å². The van der Waals surface area contributed by atoms with Crippen LogP contribution in [0.25, 0.3) is 0 Å². The van der Waals surface area contributed by atoms with Crippen molar-refractivity contribution in [3.8, 4) is 0 Å². The summed E-state index contributed by atoms with van der Waals surface area (Å²) in [6.07, 6.45) is 8.28. The fraction of sp³-hybridized carbons (Fsp3) is 0.611. The number of hydrogen-bond donors (Lipinski definition) is 1. The predicted molar refractivity (Wildman–Crippen MR) is 86.0 cm³/mol. The largest absolute Gasteiger partial charge is 0.331 e. The van der Waals surface area contributed by atoms with Crippen LogP contribution in [-0.4, -0.2) is 46.2 Å². The molecule has 1 aromatic heterocycles. The molecule has 122 valence electrons. The Morgan fingerprint density at radius 1 is 1.17 bits per heavy atom. The molecule has 0 aromatic carbocycles. The first-order valence-corrected chi connectivity index (χ1v) is 8.76. The van der Waals surface area contributed by atoms with E-state index in [-0.39, 0.29) is 23.8 Å². The molecule has 4 atom stereocenters. The third-order valence-corrected chi connectivity index (χ3v) is 5.68. The lowest BCUT2D eigenvalue weighted by atomic mass is 9.85. The Morgan fingerprint density at radius 2 is 2.04 bits per heavy atom. The van der Waals surface area contributed by atoms with Crippen molar-refractivity contribution >= 4 is 11.7 Å². The molecule has 1 aliphatic carbocycles. The summed E-state index contributed by atoms with van der Waals surface area (Å²) in [5, 5.41) is 3.52. The van der Waals surface area contributed by atoms with Gasteiger partial charge in [0, 0.05) is 18.8 Å². The van der Waals surface area contributed by atoms with Crippen LogP contribution in [0.15, 0.2) is 24.4 Å². The average molecular weight is 313 g/mol. The SMILES string of the molecule is O=C(c1ccccn1)[C@@H]1CCN1C(=O)[C@@H]1C[C@@H]2CCCC[C@@H]2N1. The van der Waals surface area contributed by atoms with Gasteiger partial charge in [-0.2, -0.15) is 0 Å². The Bertz CT molecular complexity index is 590. The van der Waals surface area contributed by atoms with Crippen LogP contribution < -0.4 is 5.32 Å². The Hall–Kier alpha value is -1.75. The van der Waals surface area contributed by atoms with E-state index in [2.05, 4.69) is 10.3 Å². The van der Waals surface area contributed by atoms with E-state index in [1.54, 1.807) is 23.2 Å². The monoisotopic (exact) mass is 313 g/mol. The number of likely N-dealkylation sites (tertiary alicyclic amines) is 1. The number of Topliss-reactive ketones (excluding diaryl/α,β-unsaturated/α-hetero) is 1. The van der Waals surface area contributed by atoms with Gasteiger partial charge in [0.25, 0.3) is 0 Å². The number of carbonyl (C=O) groups excluding carboxylic acids is 2. The Labute approximate surface area is 136 Å². The van der Waals surface area contributed by atoms with E-state index in [1.807, 2.05) is 6.07 Å². The smallest absolute Gasteiger partial charge is 0.240 e. The maximum absolute atomic E-state index is 12.8. The number of aromatic nitrogens is 1. The second-order valence-electron chi connectivity index (χ2n) is 7.02. The minimum atomic E-state index is -0.318. The third-order valence-electron chi connectivity index (χ3n) is 5.68. The first kappa shape index (κ1) is 14.8. The molecule has 3 aliphatic rings. The Kier molecular flexibility index (Phi) is 3.89. The Balaban J connectivity index is 1.42. The van der Waals surface area contributed by atoms with E-state index < -0.39 is 0 Å². The number of nitrogens with one attached hydrogen (secondary N) is 1. The zero-order chi connectivity index (χ0) is 15.8. The lowest BCUT2D eigenvalue weighted by Gasteiger charge is -2.41. The summed E-state index contributed by atoms with van der Waals surface area (Å²) < 4.78 is 0. The topological polar surface area (TPSA) is 62.3 Å². The number of fused-ring (bicyclic) bond motifs is 1. The molecular formula is C18H23N3O2. The van der Waals surface area contributed by atoms with Crippen LogP contribution in [0, 0.1) is 5.92 Å². The second kappa shape index (κ2) is 6.04. The predicted octanol–water partition coefficient (Wildman–Crippen LogP) is 1.79. The highest BCUT2D eigenvalue weighted by atomic mass is 16.2. The van der Waals surface area contributed by atoms with Gasteiger partial charge in [0.1, 0.15) is 5.69 Å². The van der Waals surface area contributed by atoms with Gasteiger partial charge in [-0.15, -0.1) is 0 Å². The van der Waals surface area contributed by atoms with E-state index in [0.29, 0.717) is 24.2 Å². The summed E-state index contributed by atoms with van der Waals surface area (Å²) in [5.74, 6) is 0.726. The molecule has 4 rings (SSSR count). The third kappa shape index (κ3) is 2.67. The standard InChI is InChI=1S/C18H23N3O2/c22-17(14-7-3-4-9-19-14)16-8-10-21(16)18(23)15-11-12-5-1-2-6-13(12)20-15/h3-4,7,9,12-13,15-16,20H,1-2,5-6,8,10-11H2/t12-,13-,15-,16-/m0/s1. The molecule has 0 unspecified atom stereocenters. The van der Waals surface area contributed by atoms with Crippen molar-refractivity contribution in [2.45, 2.75) is 56.7 Å². The Morgan fingerprint density at radius 3 is 2.74 bits per heavy atom. The molecule has 2 saturated heterocycles. The van der Waals surface area contributed by atoms with Crippen LogP contribution in [0.1, 0.15) is 49.0 Å². The first-order chi connectivity index (χ1) is 11.2. The van der Waals surface area contributed by atoms with Crippen molar-refractivity contribution in [3.05, 3.63) is 30.1 Å². The molecule has 3 heterocycles. The molecule has 1 N–H and O–H groups in total. The zero-order valence-electron chi connectivity index (χ0n) is 13.3. The maximum Gasteiger partial charge on any atom is 0.240 e. The quantitative estimate of drug-likeness (QED) is 0.864. The number of rotatable bonds is 3. The summed E-state index contributed by atoms with van der Waals surface area (Å²) in [6.45, 7) is 0.690. The molecule has 1 amide bonds. The molecule has 1 aromatic rings. The molecule has 23 heavy (non-hydrogen) atoms. The fourth-order valence-corrected chi connectivity index (χ4v) is 4.31. The summed E-state index contributed by atoms with van der Waals surface area (Å²) in [7, 11) is 0. The lowest BCUT2D eigenvalue weighted by molar-refractivity contribution is -0.139.